The van der Waals surface area contributed by atoms with E-state index in [1.165, 1.54) is 0 Å². The topological polar surface area (TPSA) is 142 Å². The first kappa shape index (κ1) is 41.0. The largest absolute Gasteiger partial charge is 0.307 e. The van der Waals surface area contributed by atoms with E-state index in [1.54, 1.807) is 0 Å². The fourth-order valence-electron chi connectivity index (χ4n) is 5.54. The van der Waals surface area contributed by atoms with E-state index in [4.69, 9.17) is 9.97 Å². The summed E-state index contributed by atoms with van der Waals surface area (Å²) in [6.45, 7) is 16.2. The van der Waals surface area contributed by atoms with Crippen LogP contribution < -0.4 is 21.3 Å². The predicted molar refractivity (Wildman–Crippen MR) is 190 cm³/mol. The highest BCUT2D eigenvalue weighted by atomic mass is 16.2. The number of rotatable bonds is 24. The normalized spacial score (nSPS) is 13.7. The van der Waals surface area contributed by atoms with Crippen molar-refractivity contribution in [1.29, 1.82) is 0 Å². The highest BCUT2D eigenvalue weighted by Crippen LogP contribution is 2.30. The van der Waals surface area contributed by atoms with Gasteiger partial charge in [0.15, 0.2) is 23.3 Å². The zero-order chi connectivity index (χ0) is 34.5. The molecular weight excluding hydrogens is 580 g/mol. The number of amides is 4. The Morgan fingerprint density at radius 2 is 0.609 bits per heavy atom. The van der Waals surface area contributed by atoms with Crippen molar-refractivity contribution in [2.75, 3.05) is 21.3 Å². The van der Waals surface area contributed by atoms with Gasteiger partial charge in [-0.15, -0.1) is 0 Å². The number of nitrogens with zero attached hydrogens (tertiary/aromatic N) is 2. The van der Waals surface area contributed by atoms with E-state index in [2.05, 4.69) is 49.0 Å². The number of hydrogen-bond donors (Lipinski definition) is 4. The quantitative estimate of drug-likeness (QED) is 0.0884. The van der Waals surface area contributed by atoms with Crippen molar-refractivity contribution >= 4 is 46.9 Å². The van der Waals surface area contributed by atoms with Crippen LogP contribution in [0, 0.1) is 23.7 Å². The second kappa shape index (κ2) is 23.3. The van der Waals surface area contributed by atoms with E-state index >= 15 is 0 Å². The minimum Gasteiger partial charge on any atom is -0.307 e. The van der Waals surface area contributed by atoms with Crippen LogP contribution in [0.25, 0.3) is 0 Å². The Morgan fingerprint density at radius 3 is 0.761 bits per heavy atom. The van der Waals surface area contributed by atoms with Gasteiger partial charge < -0.3 is 21.3 Å². The Kier molecular flexibility index (Phi) is 20.8. The summed E-state index contributed by atoms with van der Waals surface area (Å²) in [6, 6.07) is 0. The standard InChI is InChI=1S/C36H64N6O4/c1-9-17-21-25(13-5)33(43)39-29-30(40-34(44)26(14-6)22-18-10-2)38-32(42-36(46)28(16-8)24-20-12-4)31(37-29)41-35(45)27(15-7)23-19-11-3/h25-28H,9-24H2,1-8H3,(H2,37,39,41,43,45)(H2,38,40,42,44,46). The zero-order valence-electron chi connectivity index (χ0n) is 30.2. The number of carbonyl (C=O) groups is 4. The van der Waals surface area contributed by atoms with E-state index < -0.39 is 0 Å². The average molecular weight is 645 g/mol. The molecule has 1 rings (SSSR count). The Labute approximate surface area is 278 Å². The molecular formula is C36H64N6O4. The van der Waals surface area contributed by atoms with Gasteiger partial charge in [-0.05, 0) is 51.4 Å². The third kappa shape index (κ3) is 13.8. The summed E-state index contributed by atoms with van der Waals surface area (Å²) in [5, 5.41) is 11.7. The van der Waals surface area contributed by atoms with E-state index in [-0.39, 0.29) is 70.6 Å². The number of aromatic nitrogens is 2. The van der Waals surface area contributed by atoms with E-state index in [0.29, 0.717) is 25.7 Å². The molecule has 1 aromatic rings. The smallest absolute Gasteiger partial charge is 0.228 e. The van der Waals surface area contributed by atoms with Crippen molar-refractivity contribution < 1.29 is 19.2 Å². The first-order valence-electron chi connectivity index (χ1n) is 18.3. The number of unbranched alkanes of at least 4 members (excludes halogenated alkanes) is 4. The molecule has 0 saturated heterocycles. The molecule has 10 nitrogen and oxygen atoms in total. The second-order valence-corrected chi connectivity index (χ2v) is 12.6. The van der Waals surface area contributed by atoms with Crippen LogP contribution in [0.3, 0.4) is 0 Å². The van der Waals surface area contributed by atoms with Crippen LogP contribution >= 0.6 is 0 Å². The van der Waals surface area contributed by atoms with Gasteiger partial charge in [-0.1, -0.05) is 107 Å². The van der Waals surface area contributed by atoms with Crippen LogP contribution in [-0.2, 0) is 19.2 Å². The molecule has 0 spiro atoms. The highest BCUT2D eigenvalue weighted by Gasteiger charge is 2.27. The first-order chi connectivity index (χ1) is 22.1. The molecule has 4 N–H and O–H groups in total. The molecule has 0 bridgehead atoms. The van der Waals surface area contributed by atoms with Gasteiger partial charge in [0.25, 0.3) is 0 Å². The predicted octanol–water partition coefficient (Wildman–Crippen LogP) is 9.10. The van der Waals surface area contributed by atoms with E-state index in [0.717, 1.165) is 77.0 Å². The third-order valence-corrected chi connectivity index (χ3v) is 8.94. The summed E-state index contributed by atoms with van der Waals surface area (Å²) in [4.78, 5) is 63.3. The number of nitrogens with one attached hydrogen (secondary N) is 4. The lowest BCUT2D eigenvalue weighted by Gasteiger charge is -2.22. The maximum Gasteiger partial charge on any atom is 0.228 e. The van der Waals surface area contributed by atoms with Crippen molar-refractivity contribution in [2.45, 2.75) is 158 Å². The van der Waals surface area contributed by atoms with Crippen molar-refractivity contribution in [2.24, 2.45) is 23.7 Å². The Balaban J connectivity index is 3.73. The molecule has 262 valence electrons. The summed E-state index contributed by atoms with van der Waals surface area (Å²) in [6.07, 6.45) is 13.1. The fourth-order valence-corrected chi connectivity index (χ4v) is 5.54. The Hall–Kier alpha value is -3.04. The van der Waals surface area contributed by atoms with Crippen molar-refractivity contribution in [3.05, 3.63) is 0 Å². The van der Waals surface area contributed by atoms with Crippen molar-refractivity contribution in [1.82, 2.24) is 9.97 Å². The molecule has 1 heterocycles. The van der Waals surface area contributed by atoms with Gasteiger partial charge in [-0.25, -0.2) is 9.97 Å². The average Bonchev–Trinajstić information content (AvgIpc) is 3.04. The maximum absolute atomic E-state index is 13.5. The second-order valence-electron chi connectivity index (χ2n) is 12.6. The van der Waals surface area contributed by atoms with Crippen LogP contribution in [0.1, 0.15) is 158 Å². The molecule has 0 saturated carbocycles. The molecule has 10 heteroatoms. The van der Waals surface area contributed by atoms with E-state index in [1.807, 2.05) is 27.7 Å². The minimum absolute atomic E-state index is 0.0616. The van der Waals surface area contributed by atoms with Crippen molar-refractivity contribution in [3.8, 4) is 0 Å². The molecule has 0 aliphatic carbocycles. The number of anilines is 4. The molecule has 0 aromatic carbocycles. The molecule has 46 heavy (non-hydrogen) atoms. The van der Waals surface area contributed by atoms with E-state index in [9.17, 15) is 19.2 Å². The Bertz CT molecular complexity index is 917. The van der Waals surface area contributed by atoms with Crippen LogP contribution in [0.4, 0.5) is 23.3 Å². The Morgan fingerprint density at radius 1 is 0.413 bits per heavy atom. The number of hydrogen-bond acceptors (Lipinski definition) is 6. The zero-order valence-corrected chi connectivity index (χ0v) is 30.2. The molecule has 1 aromatic heterocycles. The summed E-state index contributed by atoms with van der Waals surface area (Å²) in [7, 11) is 0. The number of carbonyl (C=O) groups excluding carboxylic acids is 4. The summed E-state index contributed by atoms with van der Waals surface area (Å²) < 4.78 is 0. The van der Waals surface area contributed by atoms with Crippen LogP contribution in [0.15, 0.2) is 0 Å². The van der Waals surface area contributed by atoms with Crippen LogP contribution in [0.2, 0.25) is 0 Å². The van der Waals surface area contributed by atoms with Gasteiger partial charge in [-0.3, -0.25) is 19.2 Å². The molecule has 4 unspecified atom stereocenters. The van der Waals surface area contributed by atoms with Gasteiger partial charge in [-0.2, -0.15) is 0 Å². The lowest BCUT2D eigenvalue weighted by atomic mass is 9.98. The highest BCUT2D eigenvalue weighted by molar-refractivity contribution is 6.03. The fraction of sp³-hybridized carbons (Fsp3) is 0.778. The molecule has 4 amide bonds. The van der Waals surface area contributed by atoms with Gasteiger partial charge in [0.2, 0.25) is 23.6 Å². The maximum atomic E-state index is 13.5. The van der Waals surface area contributed by atoms with Crippen molar-refractivity contribution in [3.63, 3.8) is 0 Å². The monoisotopic (exact) mass is 644 g/mol. The molecule has 0 fully saturated rings. The van der Waals surface area contributed by atoms with Crippen LogP contribution in [-0.4, -0.2) is 33.6 Å². The van der Waals surface area contributed by atoms with Gasteiger partial charge in [0.05, 0.1) is 0 Å². The minimum atomic E-state index is -0.238. The summed E-state index contributed by atoms with van der Waals surface area (Å²) in [5.41, 5.74) is 0. The summed E-state index contributed by atoms with van der Waals surface area (Å²) in [5.74, 6) is -1.56. The molecule has 0 radical (unpaired) electrons. The third-order valence-electron chi connectivity index (χ3n) is 8.94. The van der Waals surface area contributed by atoms with Gasteiger partial charge >= 0.3 is 0 Å². The van der Waals surface area contributed by atoms with Gasteiger partial charge in [0, 0.05) is 23.7 Å². The lowest BCUT2D eigenvalue weighted by molar-refractivity contribution is -0.121. The molecule has 0 aliphatic rings. The van der Waals surface area contributed by atoms with Gasteiger partial charge in [0.1, 0.15) is 0 Å². The first-order valence-corrected chi connectivity index (χ1v) is 18.3. The SMILES string of the molecule is CCCCC(CC)C(=O)Nc1nc(NC(=O)C(CC)CCCC)c(NC(=O)C(CC)CCCC)nc1NC(=O)C(CC)CCCC. The molecule has 0 aliphatic heterocycles. The summed E-state index contributed by atoms with van der Waals surface area (Å²) >= 11 is 0. The lowest BCUT2D eigenvalue weighted by Crippen LogP contribution is -2.30. The van der Waals surface area contributed by atoms with Crippen LogP contribution in [0.5, 0.6) is 0 Å². The molecule has 4 atom stereocenters.